The van der Waals surface area contributed by atoms with Crippen molar-refractivity contribution >= 4 is 28.4 Å². The highest BCUT2D eigenvalue weighted by Crippen LogP contribution is 2.30. The number of hydrogen-bond acceptors (Lipinski definition) is 2. The van der Waals surface area contributed by atoms with Crippen molar-refractivity contribution in [1.29, 1.82) is 0 Å². The van der Waals surface area contributed by atoms with Gasteiger partial charge in [-0.3, -0.25) is 4.79 Å². The van der Waals surface area contributed by atoms with Crippen molar-refractivity contribution in [2.24, 2.45) is 0 Å². The Labute approximate surface area is 128 Å². The van der Waals surface area contributed by atoms with E-state index in [1.165, 1.54) is 0 Å². The van der Waals surface area contributed by atoms with Gasteiger partial charge in [-0.15, -0.1) is 0 Å². The minimum Gasteiger partial charge on any atom is -0.388 e. The Hall–Kier alpha value is -1.52. The van der Waals surface area contributed by atoms with Crippen molar-refractivity contribution in [1.82, 2.24) is 9.88 Å². The second kappa shape index (κ2) is 5.35. The smallest absolute Gasteiger partial charge is 0.270 e. The van der Waals surface area contributed by atoms with Gasteiger partial charge in [-0.25, -0.2) is 0 Å². The summed E-state index contributed by atoms with van der Waals surface area (Å²) >= 11 is 5.95. The molecular formula is C16H19ClN2O2. The highest BCUT2D eigenvalue weighted by Gasteiger charge is 2.33. The van der Waals surface area contributed by atoms with Crippen LogP contribution < -0.4 is 0 Å². The summed E-state index contributed by atoms with van der Waals surface area (Å²) in [6.45, 7) is 0.377. The summed E-state index contributed by atoms with van der Waals surface area (Å²) in [6.07, 6.45) is 3.60. The number of fused-ring (bicyclic) bond motifs is 1. The van der Waals surface area contributed by atoms with Crippen molar-refractivity contribution in [2.75, 3.05) is 13.6 Å². The number of likely N-dealkylation sites (N-methyl/N-ethyl adjacent to an activating group) is 1. The standard InChI is InChI=1S/C16H19ClN2O2/c1-19(10-16(21)6-2-3-7-16)15(20)14-8-11-4-5-12(17)9-13(11)18-14/h4-5,8-9,18,21H,2-3,6-7,10H2,1H3. The van der Waals surface area contributed by atoms with Gasteiger partial charge >= 0.3 is 0 Å². The van der Waals surface area contributed by atoms with Crippen molar-refractivity contribution < 1.29 is 9.90 Å². The van der Waals surface area contributed by atoms with E-state index >= 15 is 0 Å². The summed E-state index contributed by atoms with van der Waals surface area (Å²) in [6, 6.07) is 7.31. The Morgan fingerprint density at radius 3 is 2.81 bits per heavy atom. The lowest BCUT2D eigenvalue weighted by Gasteiger charge is -2.28. The van der Waals surface area contributed by atoms with E-state index in [9.17, 15) is 9.90 Å². The zero-order chi connectivity index (χ0) is 15.0. The average molecular weight is 307 g/mol. The number of halogens is 1. The second-order valence-electron chi connectivity index (χ2n) is 6.01. The minimum absolute atomic E-state index is 0.109. The summed E-state index contributed by atoms with van der Waals surface area (Å²) in [7, 11) is 1.73. The van der Waals surface area contributed by atoms with Crippen molar-refractivity contribution in [3.8, 4) is 0 Å². The molecule has 112 valence electrons. The van der Waals surface area contributed by atoms with E-state index in [1.807, 2.05) is 12.1 Å². The highest BCUT2D eigenvalue weighted by atomic mass is 35.5. The molecule has 1 aromatic heterocycles. The molecule has 0 radical (unpaired) electrons. The SMILES string of the molecule is CN(CC1(O)CCCC1)C(=O)c1cc2ccc(Cl)cc2[nH]1. The first-order chi connectivity index (χ1) is 9.97. The second-order valence-corrected chi connectivity index (χ2v) is 6.44. The molecule has 1 aliphatic rings. The van der Waals surface area contributed by atoms with Gasteiger partial charge in [0.05, 0.1) is 5.60 Å². The van der Waals surface area contributed by atoms with Gasteiger partial charge in [-0.1, -0.05) is 30.5 Å². The third-order valence-electron chi connectivity index (χ3n) is 4.23. The number of benzene rings is 1. The highest BCUT2D eigenvalue weighted by molar-refractivity contribution is 6.31. The Morgan fingerprint density at radius 1 is 1.38 bits per heavy atom. The van der Waals surface area contributed by atoms with Crippen molar-refractivity contribution in [3.05, 3.63) is 35.0 Å². The van der Waals surface area contributed by atoms with Crippen LogP contribution in [-0.4, -0.2) is 40.1 Å². The predicted molar refractivity (Wildman–Crippen MR) is 83.7 cm³/mol. The largest absolute Gasteiger partial charge is 0.388 e. The molecule has 0 aliphatic heterocycles. The summed E-state index contributed by atoms with van der Waals surface area (Å²) in [5.41, 5.74) is 0.648. The van der Waals surface area contributed by atoms with Crippen LogP contribution in [0.5, 0.6) is 0 Å². The number of aliphatic hydroxyl groups is 1. The van der Waals surface area contributed by atoms with Crippen LogP contribution in [0.4, 0.5) is 0 Å². The summed E-state index contributed by atoms with van der Waals surface area (Å²) in [5, 5.41) is 12.0. The molecule has 4 nitrogen and oxygen atoms in total. The maximum atomic E-state index is 12.5. The Morgan fingerprint density at radius 2 is 2.10 bits per heavy atom. The number of nitrogens with one attached hydrogen (secondary N) is 1. The normalized spacial score (nSPS) is 17.3. The van der Waals surface area contributed by atoms with Gasteiger partial charge < -0.3 is 15.0 Å². The lowest BCUT2D eigenvalue weighted by atomic mass is 10.0. The van der Waals surface area contributed by atoms with Crippen LogP contribution in [0.1, 0.15) is 36.2 Å². The van der Waals surface area contributed by atoms with E-state index in [0.29, 0.717) is 17.3 Å². The van der Waals surface area contributed by atoms with E-state index in [-0.39, 0.29) is 5.91 Å². The molecule has 5 heteroatoms. The molecule has 2 aromatic rings. The fourth-order valence-electron chi connectivity index (χ4n) is 3.12. The lowest BCUT2D eigenvalue weighted by molar-refractivity contribution is 0.0155. The molecule has 0 atom stereocenters. The Bertz CT molecular complexity index is 674. The van der Waals surface area contributed by atoms with Gasteiger partial charge in [-0.2, -0.15) is 0 Å². The number of aromatic nitrogens is 1. The third-order valence-corrected chi connectivity index (χ3v) is 4.46. The van der Waals surface area contributed by atoms with Crippen molar-refractivity contribution in [3.63, 3.8) is 0 Å². The topological polar surface area (TPSA) is 56.3 Å². The first-order valence-corrected chi connectivity index (χ1v) is 7.61. The number of H-pyrrole nitrogens is 1. The zero-order valence-corrected chi connectivity index (χ0v) is 12.8. The number of carbonyl (C=O) groups excluding carboxylic acids is 1. The van der Waals surface area contributed by atoms with Crippen molar-refractivity contribution in [2.45, 2.75) is 31.3 Å². The van der Waals surface area contributed by atoms with E-state index in [2.05, 4.69) is 4.98 Å². The first kappa shape index (κ1) is 14.4. The van der Waals surface area contributed by atoms with Crippen LogP contribution in [0.15, 0.2) is 24.3 Å². The van der Waals surface area contributed by atoms with E-state index in [1.54, 1.807) is 24.1 Å². The molecule has 1 amide bonds. The first-order valence-electron chi connectivity index (χ1n) is 7.23. The van der Waals surface area contributed by atoms with Crippen LogP contribution in [0.2, 0.25) is 5.02 Å². The van der Waals surface area contributed by atoms with Gasteiger partial charge in [-0.05, 0) is 31.0 Å². The molecule has 1 aromatic carbocycles. The van der Waals surface area contributed by atoms with Crippen LogP contribution in [-0.2, 0) is 0 Å². The molecule has 21 heavy (non-hydrogen) atoms. The Kier molecular flexibility index (Phi) is 3.68. The summed E-state index contributed by atoms with van der Waals surface area (Å²) in [4.78, 5) is 17.2. The van der Waals surface area contributed by atoms with Gasteiger partial charge in [0.2, 0.25) is 0 Å². The van der Waals surface area contributed by atoms with Gasteiger partial charge in [0, 0.05) is 29.5 Å². The van der Waals surface area contributed by atoms with Crippen LogP contribution in [0.3, 0.4) is 0 Å². The van der Waals surface area contributed by atoms with E-state index in [4.69, 9.17) is 11.6 Å². The molecule has 1 fully saturated rings. The van der Waals surface area contributed by atoms with E-state index in [0.717, 1.165) is 36.6 Å². The van der Waals surface area contributed by atoms with E-state index < -0.39 is 5.60 Å². The van der Waals surface area contributed by atoms with Crippen LogP contribution in [0.25, 0.3) is 10.9 Å². The molecule has 1 aliphatic carbocycles. The molecule has 0 saturated heterocycles. The average Bonchev–Trinajstić information content (AvgIpc) is 3.03. The number of rotatable bonds is 3. The molecule has 3 rings (SSSR count). The fourth-order valence-corrected chi connectivity index (χ4v) is 3.30. The molecule has 0 bridgehead atoms. The minimum atomic E-state index is -0.722. The zero-order valence-electron chi connectivity index (χ0n) is 12.0. The molecule has 0 spiro atoms. The van der Waals surface area contributed by atoms with Gasteiger partial charge in [0.25, 0.3) is 5.91 Å². The number of carbonyl (C=O) groups is 1. The maximum absolute atomic E-state index is 12.5. The number of amides is 1. The summed E-state index contributed by atoms with van der Waals surface area (Å²) in [5.74, 6) is -0.109. The molecule has 2 N–H and O–H groups in total. The molecule has 0 unspecified atom stereocenters. The fraction of sp³-hybridized carbons (Fsp3) is 0.438. The third kappa shape index (κ3) is 2.92. The number of aromatic amines is 1. The number of hydrogen-bond donors (Lipinski definition) is 2. The molecular weight excluding hydrogens is 288 g/mol. The van der Waals surface area contributed by atoms with Crippen LogP contribution >= 0.6 is 11.6 Å². The predicted octanol–water partition coefficient (Wildman–Crippen LogP) is 3.20. The lowest BCUT2D eigenvalue weighted by Crippen LogP contribution is -2.42. The maximum Gasteiger partial charge on any atom is 0.270 e. The van der Waals surface area contributed by atoms with Gasteiger partial charge in [0.1, 0.15) is 5.69 Å². The summed E-state index contributed by atoms with van der Waals surface area (Å²) < 4.78 is 0. The van der Waals surface area contributed by atoms with Gasteiger partial charge in [0.15, 0.2) is 0 Å². The number of nitrogens with zero attached hydrogens (tertiary/aromatic N) is 1. The Balaban J connectivity index is 1.79. The molecule has 1 heterocycles. The van der Waals surface area contributed by atoms with Crippen LogP contribution in [0, 0.1) is 0 Å². The quantitative estimate of drug-likeness (QED) is 0.915. The molecule has 1 saturated carbocycles. The monoisotopic (exact) mass is 306 g/mol.